The second-order valence-electron chi connectivity index (χ2n) is 4.72. The third kappa shape index (κ3) is 3.28. The molecule has 1 atom stereocenters. The standard InChI is InChI=1S/C10H16Br2N2O2/c1-9(2)7(8(11)12)13-10(3,14-9)5-4-6(15)16/h8,14H,4-5H2,1-3H3,(H,15,16). The fourth-order valence-electron chi connectivity index (χ4n) is 1.96. The van der Waals surface area contributed by atoms with Gasteiger partial charge >= 0.3 is 5.97 Å². The van der Waals surface area contributed by atoms with Crippen LogP contribution in [0.3, 0.4) is 0 Å². The Bertz CT molecular complexity index is 329. The number of alkyl halides is 2. The molecule has 0 spiro atoms. The Morgan fingerprint density at radius 1 is 1.50 bits per heavy atom. The normalized spacial score (nSPS) is 28.2. The number of nitrogens with zero attached hydrogens (tertiary/aromatic N) is 1. The molecule has 92 valence electrons. The summed E-state index contributed by atoms with van der Waals surface area (Å²) < 4.78 is 0.00848. The molecule has 0 aromatic heterocycles. The van der Waals surface area contributed by atoms with Crippen LogP contribution in [-0.4, -0.2) is 31.7 Å². The van der Waals surface area contributed by atoms with E-state index in [9.17, 15) is 4.79 Å². The van der Waals surface area contributed by atoms with Crippen molar-refractivity contribution >= 4 is 43.5 Å². The summed E-state index contributed by atoms with van der Waals surface area (Å²) in [5.74, 6) is -0.793. The first-order valence-electron chi connectivity index (χ1n) is 5.06. The van der Waals surface area contributed by atoms with E-state index in [4.69, 9.17) is 5.11 Å². The van der Waals surface area contributed by atoms with Crippen LogP contribution in [-0.2, 0) is 4.79 Å². The molecule has 1 unspecified atom stereocenters. The predicted octanol–water partition coefficient (Wildman–Crippen LogP) is 2.51. The highest BCUT2D eigenvalue weighted by Gasteiger charge is 2.43. The van der Waals surface area contributed by atoms with Crippen molar-refractivity contribution < 1.29 is 9.90 Å². The minimum absolute atomic E-state index is 0.00848. The van der Waals surface area contributed by atoms with Crippen LogP contribution in [0.2, 0.25) is 0 Å². The van der Waals surface area contributed by atoms with E-state index in [1.165, 1.54) is 0 Å². The summed E-state index contributed by atoms with van der Waals surface area (Å²) in [5.41, 5.74) is 0.238. The van der Waals surface area contributed by atoms with Crippen LogP contribution in [0.25, 0.3) is 0 Å². The largest absolute Gasteiger partial charge is 0.481 e. The summed E-state index contributed by atoms with van der Waals surface area (Å²) in [5, 5.41) is 12.1. The number of hydrogen-bond acceptors (Lipinski definition) is 3. The average molecular weight is 356 g/mol. The lowest BCUT2D eigenvalue weighted by atomic mass is 9.99. The Labute approximate surface area is 112 Å². The van der Waals surface area contributed by atoms with E-state index >= 15 is 0 Å². The fraction of sp³-hybridized carbons (Fsp3) is 0.800. The van der Waals surface area contributed by atoms with Gasteiger partial charge in [-0.25, -0.2) is 0 Å². The van der Waals surface area contributed by atoms with Gasteiger partial charge < -0.3 is 5.11 Å². The number of aliphatic carboxylic acids is 1. The molecule has 0 aliphatic carbocycles. The predicted molar refractivity (Wildman–Crippen MR) is 71.6 cm³/mol. The first kappa shape index (κ1) is 14.1. The van der Waals surface area contributed by atoms with Crippen molar-refractivity contribution in [3.8, 4) is 0 Å². The number of hydrogen-bond donors (Lipinski definition) is 2. The van der Waals surface area contributed by atoms with Crippen molar-refractivity contribution in [3.63, 3.8) is 0 Å². The van der Waals surface area contributed by atoms with Crippen LogP contribution in [0.5, 0.6) is 0 Å². The number of aliphatic imine (C=N–C) groups is 1. The molecule has 1 heterocycles. The second kappa shape index (κ2) is 4.74. The molecule has 0 aromatic carbocycles. The third-order valence-corrected chi connectivity index (χ3v) is 3.49. The maximum atomic E-state index is 10.6. The molecule has 6 heteroatoms. The molecular formula is C10H16Br2N2O2. The molecule has 2 N–H and O–H groups in total. The summed E-state index contributed by atoms with van der Waals surface area (Å²) in [6.45, 7) is 5.99. The monoisotopic (exact) mass is 354 g/mol. The fourth-order valence-corrected chi connectivity index (χ4v) is 3.31. The molecule has 1 rings (SSSR count). The van der Waals surface area contributed by atoms with Crippen LogP contribution in [0, 0.1) is 0 Å². The molecule has 0 saturated carbocycles. The molecule has 0 aromatic rings. The molecule has 1 aliphatic heterocycles. The van der Waals surface area contributed by atoms with Crippen LogP contribution >= 0.6 is 31.9 Å². The van der Waals surface area contributed by atoms with E-state index in [2.05, 4.69) is 42.2 Å². The number of halogens is 2. The zero-order chi connectivity index (χ0) is 12.6. The maximum absolute atomic E-state index is 10.6. The van der Waals surface area contributed by atoms with E-state index in [0.29, 0.717) is 6.42 Å². The lowest BCUT2D eigenvalue weighted by Crippen LogP contribution is -2.50. The van der Waals surface area contributed by atoms with Crippen molar-refractivity contribution in [2.24, 2.45) is 4.99 Å². The van der Waals surface area contributed by atoms with Crippen molar-refractivity contribution in [2.45, 2.75) is 48.6 Å². The molecule has 4 nitrogen and oxygen atoms in total. The highest BCUT2D eigenvalue weighted by molar-refractivity contribution is 9.25. The van der Waals surface area contributed by atoms with Crippen LogP contribution in [0.4, 0.5) is 0 Å². The number of carboxylic acids is 1. The Hall–Kier alpha value is 0.0600. The van der Waals surface area contributed by atoms with Gasteiger partial charge in [0.1, 0.15) is 9.40 Å². The Balaban J connectivity index is 2.82. The van der Waals surface area contributed by atoms with Gasteiger partial charge in [-0.3, -0.25) is 15.1 Å². The van der Waals surface area contributed by atoms with Crippen LogP contribution < -0.4 is 5.32 Å². The number of rotatable bonds is 4. The van der Waals surface area contributed by atoms with Gasteiger partial charge in [0.15, 0.2) is 0 Å². The van der Waals surface area contributed by atoms with Gasteiger partial charge in [0.05, 0.1) is 11.3 Å². The Kier molecular flexibility index (Phi) is 4.18. The zero-order valence-electron chi connectivity index (χ0n) is 9.55. The summed E-state index contributed by atoms with van der Waals surface area (Å²) in [6, 6.07) is 0. The SMILES string of the molecule is CC1(CCC(=O)O)N=C(C(Br)Br)C(C)(C)N1. The van der Waals surface area contributed by atoms with Crippen LogP contribution in [0.1, 0.15) is 33.6 Å². The molecular weight excluding hydrogens is 340 g/mol. The highest BCUT2D eigenvalue weighted by atomic mass is 79.9. The Morgan fingerprint density at radius 3 is 2.44 bits per heavy atom. The van der Waals surface area contributed by atoms with Gasteiger partial charge in [-0.05, 0) is 27.2 Å². The quantitative estimate of drug-likeness (QED) is 0.761. The van der Waals surface area contributed by atoms with E-state index in [1.54, 1.807) is 0 Å². The van der Waals surface area contributed by atoms with Crippen molar-refractivity contribution in [1.29, 1.82) is 0 Å². The van der Waals surface area contributed by atoms with Crippen molar-refractivity contribution in [2.75, 3.05) is 0 Å². The minimum atomic E-state index is -0.793. The number of carboxylic acid groups (broad SMARTS) is 1. The average Bonchev–Trinajstić information content (AvgIpc) is 2.34. The first-order chi connectivity index (χ1) is 7.16. The summed E-state index contributed by atoms with van der Waals surface area (Å²) in [6.07, 6.45) is 0.605. The molecule has 0 radical (unpaired) electrons. The second-order valence-corrected chi connectivity index (χ2v) is 7.78. The summed E-state index contributed by atoms with van der Waals surface area (Å²) >= 11 is 6.88. The van der Waals surface area contributed by atoms with E-state index < -0.39 is 11.6 Å². The van der Waals surface area contributed by atoms with Crippen molar-refractivity contribution in [1.82, 2.24) is 5.32 Å². The van der Waals surface area contributed by atoms with Gasteiger partial charge in [0, 0.05) is 6.42 Å². The topological polar surface area (TPSA) is 61.7 Å². The minimum Gasteiger partial charge on any atom is -0.481 e. The summed E-state index contributed by atoms with van der Waals surface area (Å²) in [4.78, 5) is 15.2. The van der Waals surface area contributed by atoms with E-state index in [1.807, 2.05) is 20.8 Å². The van der Waals surface area contributed by atoms with Gasteiger partial charge in [-0.15, -0.1) is 0 Å². The van der Waals surface area contributed by atoms with Gasteiger partial charge in [-0.2, -0.15) is 0 Å². The van der Waals surface area contributed by atoms with Crippen LogP contribution in [0.15, 0.2) is 4.99 Å². The van der Waals surface area contributed by atoms with E-state index in [-0.39, 0.29) is 15.7 Å². The molecule has 0 bridgehead atoms. The first-order valence-corrected chi connectivity index (χ1v) is 6.89. The van der Waals surface area contributed by atoms with E-state index in [0.717, 1.165) is 5.71 Å². The van der Waals surface area contributed by atoms with Gasteiger partial charge in [-0.1, -0.05) is 31.9 Å². The number of carbonyl (C=O) groups is 1. The maximum Gasteiger partial charge on any atom is 0.303 e. The Morgan fingerprint density at radius 2 is 2.06 bits per heavy atom. The number of nitrogens with one attached hydrogen (secondary N) is 1. The molecule has 1 aliphatic rings. The lowest BCUT2D eigenvalue weighted by Gasteiger charge is -2.28. The highest BCUT2D eigenvalue weighted by Crippen LogP contribution is 2.32. The van der Waals surface area contributed by atoms with Crippen molar-refractivity contribution in [3.05, 3.63) is 0 Å². The lowest BCUT2D eigenvalue weighted by molar-refractivity contribution is -0.137. The third-order valence-electron chi connectivity index (χ3n) is 2.62. The molecule has 16 heavy (non-hydrogen) atoms. The van der Waals surface area contributed by atoms with Gasteiger partial charge in [0.2, 0.25) is 0 Å². The zero-order valence-corrected chi connectivity index (χ0v) is 12.7. The molecule has 0 fully saturated rings. The summed E-state index contributed by atoms with van der Waals surface area (Å²) in [7, 11) is 0. The van der Waals surface area contributed by atoms with Gasteiger partial charge in [0.25, 0.3) is 0 Å². The molecule has 0 saturated heterocycles. The molecule has 0 amide bonds. The smallest absolute Gasteiger partial charge is 0.303 e.